The van der Waals surface area contributed by atoms with E-state index in [1.807, 2.05) is 35.1 Å². The van der Waals surface area contributed by atoms with Crippen molar-refractivity contribution in [3.63, 3.8) is 0 Å². The zero-order chi connectivity index (χ0) is 14.6. The number of hydrogen-bond acceptors (Lipinski definition) is 4. The van der Waals surface area contributed by atoms with Gasteiger partial charge >= 0.3 is 0 Å². The Morgan fingerprint density at radius 2 is 1.75 bits per heavy atom. The molecular formula is C15H22N4O. The van der Waals surface area contributed by atoms with Gasteiger partial charge in [-0.1, -0.05) is 29.5 Å². The van der Waals surface area contributed by atoms with Crippen molar-refractivity contribution in [2.24, 2.45) is 0 Å². The summed E-state index contributed by atoms with van der Waals surface area (Å²) < 4.78 is 1.88. The van der Waals surface area contributed by atoms with E-state index in [0.29, 0.717) is 6.54 Å². The van der Waals surface area contributed by atoms with Crippen molar-refractivity contribution < 1.29 is 5.11 Å². The molecule has 0 aliphatic heterocycles. The zero-order valence-electron chi connectivity index (χ0n) is 12.3. The van der Waals surface area contributed by atoms with Crippen LogP contribution in [-0.4, -0.2) is 20.1 Å². The Balaban J connectivity index is 1.84. The van der Waals surface area contributed by atoms with Crippen molar-refractivity contribution in [3.05, 3.63) is 47.3 Å². The summed E-state index contributed by atoms with van der Waals surface area (Å²) in [5.41, 5.74) is 3.02. The number of rotatable bonds is 5. The monoisotopic (exact) mass is 274 g/mol. The van der Waals surface area contributed by atoms with Gasteiger partial charge < -0.3 is 10.4 Å². The minimum absolute atomic E-state index is 0.0363. The van der Waals surface area contributed by atoms with Gasteiger partial charge in [-0.2, -0.15) is 0 Å². The molecule has 1 heterocycles. The molecule has 0 saturated heterocycles. The number of aromatic nitrogens is 3. The summed E-state index contributed by atoms with van der Waals surface area (Å²) in [4.78, 5) is 0. The lowest BCUT2D eigenvalue weighted by Gasteiger charge is -2.17. The molecule has 0 spiro atoms. The van der Waals surface area contributed by atoms with Crippen LogP contribution in [0.15, 0.2) is 30.5 Å². The van der Waals surface area contributed by atoms with Gasteiger partial charge in [0.25, 0.3) is 0 Å². The quantitative estimate of drug-likeness (QED) is 0.873. The molecular weight excluding hydrogens is 252 g/mol. The molecule has 0 unspecified atom stereocenters. The fourth-order valence-corrected chi connectivity index (χ4v) is 1.80. The van der Waals surface area contributed by atoms with E-state index in [4.69, 9.17) is 5.11 Å². The van der Waals surface area contributed by atoms with Crippen LogP contribution in [-0.2, 0) is 25.2 Å². The van der Waals surface area contributed by atoms with E-state index < -0.39 is 0 Å². The Morgan fingerprint density at radius 1 is 1.10 bits per heavy atom. The Bertz CT molecular complexity index is 540. The highest BCUT2D eigenvalue weighted by Crippen LogP contribution is 2.11. The van der Waals surface area contributed by atoms with Crippen LogP contribution in [0.25, 0.3) is 0 Å². The smallest absolute Gasteiger partial charge is 0.0965 e. The first-order valence-corrected chi connectivity index (χ1v) is 6.80. The summed E-state index contributed by atoms with van der Waals surface area (Å²) in [6.07, 6.45) is 1.97. The van der Waals surface area contributed by atoms with Crippen molar-refractivity contribution in [2.45, 2.75) is 46.0 Å². The van der Waals surface area contributed by atoms with E-state index in [0.717, 1.165) is 17.8 Å². The van der Waals surface area contributed by atoms with Gasteiger partial charge in [0, 0.05) is 13.1 Å². The summed E-state index contributed by atoms with van der Waals surface area (Å²) >= 11 is 0. The highest BCUT2D eigenvalue weighted by atomic mass is 16.3. The van der Waals surface area contributed by atoms with Crippen LogP contribution in [0.2, 0.25) is 0 Å². The topological polar surface area (TPSA) is 63.0 Å². The fourth-order valence-electron chi connectivity index (χ4n) is 1.80. The van der Waals surface area contributed by atoms with Gasteiger partial charge in [-0.05, 0) is 31.9 Å². The largest absolute Gasteiger partial charge is 0.392 e. The molecule has 5 heteroatoms. The van der Waals surface area contributed by atoms with E-state index in [-0.39, 0.29) is 12.1 Å². The Morgan fingerprint density at radius 3 is 2.30 bits per heavy atom. The van der Waals surface area contributed by atoms with Crippen LogP contribution in [0, 0.1) is 0 Å². The third-order valence-corrected chi connectivity index (χ3v) is 3.07. The lowest BCUT2D eigenvalue weighted by Crippen LogP contribution is -2.22. The highest BCUT2D eigenvalue weighted by Gasteiger charge is 2.14. The van der Waals surface area contributed by atoms with E-state index in [2.05, 4.69) is 36.4 Å². The van der Waals surface area contributed by atoms with Crippen molar-refractivity contribution in [2.75, 3.05) is 0 Å². The summed E-state index contributed by atoms with van der Waals surface area (Å²) in [6, 6.07) is 7.91. The van der Waals surface area contributed by atoms with Gasteiger partial charge in [0.1, 0.15) is 0 Å². The summed E-state index contributed by atoms with van der Waals surface area (Å²) in [7, 11) is 0. The van der Waals surface area contributed by atoms with Crippen molar-refractivity contribution in [1.82, 2.24) is 20.3 Å². The summed E-state index contributed by atoms with van der Waals surface area (Å²) in [5.74, 6) is 0. The molecule has 0 aliphatic rings. The first-order valence-electron chi connectivity index (χ1n) is 6.80. The number of nitrogens with zero attached hydrogens (tertiary/aromatic N) is 3. The maximum Gasteiger partial charge on any atom is 0.0965 e. The van der Waals surface area contributed by atoms with Crippen LogP contribution >= 0.6 is 0 Å². The van der Waals surface area contributed by atoms with Gasteiger partial charge in [-0.3, -0.25) is 0 Å². The van der Waals surface area contributed by atoms with Crippen LogP contribution in [0.4, 0.5) is 0 Å². The minimum atomic E-state index is -0.0363. The van der Waals surface area contributed by atoms with Crippen molar-refractivity contribution >= 4 is 0 Å². The normalized spacial score (nSPS) is 11.8. The second-order valence-electron chi connectivity index (χ2n) is 5.90. The Hall–Kier alpha value is -1.72. The second-order valence-corrected chi connectivity index (χ2v) is 5.90. The second kappa shape index (κ2) is 6.15. The van der Waals surface area contributed by atoms with E-state index in [9.17, 15) is 0 Å². The van der Waals surface area contributed by atoms with E-state index in [1.165, 1.54) is 5.56 Å². The molecule has 0 bridgehead atoms. The van der Waals surface area contributed by atoms with Gasteiger partial charge in [0.15, 0.2) is 0 Å². The number of benzene rings is 1. The number of aliphatic hydroxyl groups excluding tert-OH is 1. The molecule has 0 atom stereocenters. The molecule has 1 aromatic carbocycles. The molecule has 0 radical (unpaired) electrons. The first-order chi connectivity index (χ1) is 9.49. The average Bonchev–Trinajstić information content (AvgIpc) is 2.88. The SMILES string of the molecule is CC(C)(C)n1cc(CNCc2ccc(CO)cc2)nn1. The zero-order valence-corrected chi connectivity index (χ0v) is 12.3. The van der Waals surface area contributed by atoms with Crippen molar-refractivity contribution in [1.29, 1.82) is 0 Å². The maximum absolute atomic E-state index is 8.99. The number of nitrogens with one attached hydrogen (secondary N) is 1. The molecule has 108 valence electrons. The summed E-state index contributed by atoms with van der Waals surface area (Å²) in [6.45, 7) is 7.85. The standard InChI is InChI=1S/C15H22N4O/c1-15(2,3)19-10-14(17-18-19)9-16-8-12-4-6-13(11-20)7-5-12/h4-7,10,16,20H,8-9,11H2,1-3H3. The van der Waals surface area contributed by atoms with Crippen LogP contribution < -0.4 is 5.32 Å². The molecule has 0 fully saturated rings. The number of aliphatic hydroxyl groups is 1. The molecule has 5 nitrogen and oxygen atoms in total. The molecule has 2 aromatic rings. The molecule has 0 saturated carbocycles. The van der Waals surface area contributed by atoms with Crippen molar-refractivity contribution in [3.8, 4) is 0 Å². The Labute approximate surface area is 119 Å². The molecule has 2 N–H and O–H groups in total. The summed E-state index contributed by atoms with van der Waals surface area (Å²) in [5, 5.41) is 20.6. The van der Waals surface area contributed by atoms with Gasteiger partial charge in [-0.25, -0.2) is 4.68 Å². The van der Waals surface area contributed by atoms with Gasteiger partial charge in [0.2, 0.25) is 0 Å². The molecule has 2 rings (SSSR count). The number of hydrogen-bond donors (Lipinski definition) is 2. The predicted molar refractivity (Wildman–Crippen MR) is 77.9 cm³/mol. The lowest BCUT2D eigenvalue weighted by molar-refractivity contribution is 0.282. The van der Waals surface area contributed by atoms with E-state index in [1.54, 1.807) is 0 Å². The molecule has 20 heavy (non-hydrogen) atoms. The fraction of sp³-hybridized carbons (Fsp3) is 0.467. The van der Waals surface area contributed by atoms with Crippen LogP contribution in [0.1, 0.15) is 37.6 Å². The van der Waals surface area contributed by atoms with E-state index >= 15 is 0 Å². The lowest BCUT2D eigenvalue weighted by atomic mass is 10.1. The average molecular weight is 274 g/mol. The third kappa shape index (κ3) is 3.88. The molecule has 1 aromatic heterocycles. The van der Waals surface area contributed by atoms with Gasteiger partial charge in [0.05, 0.1) is 24.0 Å². The molecule has 0 aliphatic carbocycles. The van der Waals surface area contributed by atoms with Crippen LogP contribution in [0.5, 0.6) is 0 Å². The van der Waals surface area contributed by atoms with Crippen LogP contribution in [0.3, 0.4) is 0 Å². The van der Waals surface area contributed by atoms with Gasteiger partial charge in [-0.15, -0.1) is 5.10 Å². The minimum Gasteiger partial charge on any atom is -0.392 e. The Kier molecular flexibility index (Phi) is 4.52. The first kappa shape index (κ1) is 14.7. The third-order valence-electron chi connectivity index (χ3n) is 3.07. The maximum atomic E-state index is 8.99. The molecule has 0 amide bonds. The predicted octanol–water partition coefficient (Wildman–Crippen LogP) is 1.82. The highest BCUT2D eigenvalue weighted by molar-refractivity contribution is 5.21.